The van der Waals surface area contributed by atoms with Crippen molar-refractivity contribution in [2.45, 2.75) is 63.1 Å². The van der Waals surface area contributed by atoms with Gasteiger partial charge in [-0.1, -0.05) is 19.3 Å². The summed E-state index contributed by atoms with van der Waals surface area (Å²) in [7, 11) is 0. The lowest BCUT2D eigenvalue weighted by molar-refractivity contribution is -0.136. The first-order valence-corrected chi connectivity index (χ1v) is 6.43. The lowest BCUT2D eigenvalue weighted by Crippen LogP contribution is -2.46. The highest BCUT2D eigenvalue weighted by atomic mass is 19.4. The van der Waals surface area contributed by atoms with Gasteiger partial charge in [0.25, 0.3) is 0 Å². The zero-order valence-electron chi connectivity index (χ0n) is 10.5. The summed E-state index contributed by atoms with van der Waals surface area (Å²) in [5.41, 5.74) is 5.64. The molecule has 0 saturated heterocycles. The number of nitrogens with one attached hydrogen (secondary N) is 1. The number of hydrogen-bond donors (Lipinski definition) is 2. The maximum Gasteiger partial charge on any atom is 0.389 e. The summed E-state index contributed by atoms with van der Waals surface area (Å²) in [6.45, 7) is 0.0639. The van der Waals surface area contributed by atoms with Crippen LogP contribution in [-0.4, -0.2) is 24.2 Å². The van der Waals surface area contributed by atoms with E-state index in [9.17, 15) is 18.0 Å². The molecule has 1 saturated carbocycles. The number of carbonyl (C=O) groups is 1. The summed E-state index contributed by atoms with van der Waals surface area (Å²) >= 11 is 0. The van der Waals surface area contributed by atoms with Gasteiger partial charge >= 0.3 is 6.18 Å². The molecule has 18 heavy (non-hydrogen) atoms. The minimum Gasteiger partial charge on any atom is -0.356 e. The Bertz CT molecular complexity index is 273. The fourth-order valence-corrected chi connectivity index (χ4v) is 2.33. The Morgan fingerprint density at radius 1 is 1.22 bits per heavy atom. The fourth-order valence-electron chi connectivity index (χ4n) is 2.33. The second-order valence-electron chi connectivity index (χ2n) is 5.17. The van der Waals surface area contributed by atoms with E-state index in [1.807, 2.05) is 0 Å². The summed E-state index contributed by atoms with van der Waals surface area (Å²) in [5.74, 6) is -0.235. The highest BCUT2D eigenvalue weighted by molar-refractivity contribution is 5.77. The molecule has 0 spiro atoms. The first-order chi connectivity index (χ1) is 8.31. The van der Waals surface area contributed by atoms with Crippen molar-refractivity contribution in [3.63, 3.8) is 0 Å². The van der Waals surface area contributed by atoms with Gasteiger partial charge < -0.3 is 11.1 Å². The van der Waals surface area contributed by atoms with Crippen molar-refractivity contribution >= 4 is 5.91 Å². The topological polar surface area (TPSA) is 55.1 Å². The number of hydrogen-bond acceptors (Lipinski definition) is 2. The van der Waals surface area contributed by atoms with Gasteiger partial charge in [-0.25, -0.2) is 0 Å². The lowest BCUT2D eigenvalue weighted by Gasteiger charge is -2.32. The zero-order valence-corrected chi connectivity index (χ0v) is 10.5. The third-order valence-electron chi connectivity index (χ3n) is 3.32. The lowest BCUT2D eigenvalue weighted by atomic mass is 9.80. The van der Waals surface area contributed by atoms with Crippen LogP contribution in [0.2, 0.25) is 0 Å². The molecule has 1 amide bonds. The molecule has 0 atom stereocenters. The van der Waals surface area contributed by atoms with Crippen LogP contribution in [0, 0.1) is 0 Å². The summed E-state index contributed by atoms with van der Waals surface area (Å²) in [4.78, 5) is 11.6. The molecule has 1 aliphatic carbocycles. The molecule has 0 heterocycles. The van der Waals surface area contributed by atoms with Crippen LogP contribution in [0.25, 0.3) is 0 Å². The van der Waals surface area contributed by atoms with Crippen LogP contribution in [0.5, 0.6) is 0 Å². The average molecular weight is 266 g/mol. The monoisotopic (exact) mass is 266 g/mol. The SMILES string of the molecule is NC1(CC(=O)NCCCC(F)(F)F)CCCCC1. The van der Waals surface area contributed by atoms with E-state index in [1.165, 1.54) is 0 Å². The first kappa shape index (κ1) is 15.3. The molecule has 0 aromatic heterocycles. The van der Waals surface area contributed by atoms with Gasteiger partial charge in [0.05, 0.1) is 0 Å². The van der Waals surface area contributed by atoms with Gasteiger partial charge in [0.2, 0.25) is 5.91 Å². The van der Waals surface area contributed by atoms with Crippen LogP contribution in [-0.2, 0) is 4.79 Å². The minimum atomic E-state index is -4.15. The summed E-state index contributed by atoms with van der Waals surface area (Å²) in [6, 6.07) is 0. The van der Waals surface area contributed by atoms with Gasteiger partial charge in [0.1, 0.15) is 0 Å². The van der Waals surface area contributed by atoms with E-state index in [4.69, 9.17) is 5.73 Å². The summed E-state index contributed by atoms with van der Waals surface area (Å²) < 4.78 is 35.6. The molecular weight excluding hydrogens is 245 g/mol. The number of alkyl halides is 3. The van der Waals surface area contributed by atoms with Crippen LogP contribution in [0.3, 0.4) is 0 Å². The van der Waals surface area contributed by atoms with Crippen molar-refractivity contribution in [2.24, 2.45) is 5.73 Å². The zero-order chi connectivity index (χ0) is 13.6. The molecule has 0 aromatic carbocycles. The number of nitrogens with two attached hydrogens (primary N) is 1. The Hall–Kier alpha value is -0.780. The normalized spacial score (nSPS) is 19.6. The van der Waals surface area contributed by atoms with E-state index in [-0.39, 0.29) is 25.3 Å². The maximum absolute atomic E-state index is 11.9. The van der Waals surface area contributed by atoms with Crippen molar-refractivity contribution in [3.8, 4) is 0 Å². The van der Waals surface area contributed by atoms with Crippen LogP contribution in [0.15, 0.2) is 0 Å². The van der Waals surface area contributed by atoms with Crippen molar-refractivity contribution in [2.75, 3.05) is 6.54 Å². The molecule has 0 unspecified atom stereocenters. The molecule has 0 aromatic rings. The molecule has 1 rings (SSSR count). The Balaban J connectivity index is 2.17. The van der Waals surface area contributed by atoms with Crippen molar-refractivity contribution < 1.29 is 18.0 Å². The molecule has 1 fully saturated rings. The van der Waals surface area contributed by atoms with Crippen LogP contribution >= 0.6 is 0 Å². The van der Waals surface area contributed by atoms with Crippen LogP contribution in [0.1, 0.15) is 51.4 Å². The summed E-state index contributed by atoms with van der Waals surface area (Å²) in [6.07, 6.45) is -0.0239. The second-order valence-corrected chi connectivity index (χ2v) is 5.17. The van der Waals surface area contributed by atoms with E-state index in [1.54, 1.807) is 0 Å². The molecule has 0 radical (unpaired) electrons. The molecule has 0 bridgehead atoms. The Morgan fingerprint density at radius 3 is 2.39 bits per heavy atom. The number of rotatable bonds is 5. The predicted molar refractivity (Wildman–Crippen MR) is 62.9 cm³/mol. The first-order valence-electron chi connectivity index (χ1n) is 6.43. The van der Waals surface area contributed by atoms with Gasteiger partial charge in [0, 0.05) is 24.9 Å². The third kappa shape index (κ3) is 6.23. The van der Waals surface area contributed by atoms with E-state index >= 15 is 0 Å². The second kappa shape index (κ2) is 6.41. The molecule has 106 valence electrons. The molecule has 0 aliphatic heterocycles. The highest BCUT2D eigenvalue weighted by Gasteiger charge is 2.30. The van der Waals surface area contributed by atoms with E-state index < -0.39 is 18.1 Å². The molecule has 3 nitrogen and oxygen atoms in total. The minimum absolute atomic E-state index is 0.0639. The molecule has 6 heteroatoms. The molecule has 1 aliphatic rings. The van der Waals surface area contributed by atoms with E-state index in [0.29, 0.717) is 0 Å². The van der Waals surface area contributed by atoms with Crippen LogP contribution < -0.4 is 11.1 Å². The van der Waals surface area contributed by atoms with E-state index in [0.717, 1.165) is 32.1 Å². The predicted octanol–water partition coefficient (Wildman–Crippen LogP) is 2.50. The smallest absolute Gasteiger partial charge is 0.356 e. The Kier molecular flexibility index (Phi) is 5.44. The highest BCUT2D eigenvalue weighted by Crippen LogP contribution is 2.28. The van der Waals surface area contributed by atoms with Crippen molar-refractivity contribution in [3.05, 3.63) is 0 Å². The van der Waals surface area contributed by atoms with Crippen molar-refractivity contribution in [1.82, 2.24) is 5.32 Å². The average Bonchev–Trinajstić information content (AvgIpc) is 2.23. The quantitative estimate of drug-likeness (QED) is 0.751. The molecule has 3 N–H and O–H groups in total. The maximum atomic E-state index is 11.9. The number of halogens is 3. The summed E-state index contributed by atoms with van der Waals surface area (Å²) in [5, 5.41) is 2.51. The van der Waals surface area contributed by atoms with Gasteiger partial charge in [-0.15, -0.1) is 0 Å². The third-order valence-corrected chi connectivity index (χ3v) is 3.32. The van der Waals surface area contributed by atoms with Gasteiger partial charge in [-0.3, -0.25) is 4.79 Å². The standard InChI is InChI=1S/C12H21F3N2O/c13-12(14,15)7-4-8-17-10(18)9-11(16)5-2-1-3-6-11/h1-9,16H2,(H,17,18). The Morgan fingerprint density at radius 2 is 1.83 bits per heavy atom. The van der Waals surface area contributed by atoms with Gasteiger partial charge in [-0.05, 0) is 19.3 Å². The molecular formula is C12H21F3N2O. The number of carbonyl (C=O) groups excluding carboxylic acids is 1. The van der Waals surface area contributed by atoms with Crippen molar-refractivity contribution in [1.29, 1.82) is 0 Å². The van der Waals surface area contributed by atoms with Gasteiger partial charge in [-0.2, -0.15) is 13.2 Å². The van der Waals surface area contributed by atoms with Crippen LogP contribution in [0.4, 0.5) is 13.2 Å². The van der Waals surface area contributed by atoms with Gasteiger partial charge in [0.15, 0.2) is 0 Å². The number of amides is 1. The Labute approximate surface area is 105 Å². The van der Waals surface area contributed by atoms with E-state index in [2.05, 4.69) is 5.32 Å². The largest absolute Gasteiger partial charge is 0.389 e. The fraction of sp³-hybridized carbons (Fsp3) is 0.917.